The minimum atomic E-state index is -5.85. The van der Waals surface area contributed by atoms with Crippen molar-refractivity contribution in [3.05, 3.63) is 168 Å². The molecule has 0 aliphatic carbocycles. The van der Waals surface area contributed by atoms with E-state index in [2.05, 4.69) is 19.1 Å². The van der Waals surface area contributed by atoms with Crippen LogP contribution in [0.1, 0.15) is 27.0 Å². The van der Waals surface area contributed by atoms with Gasteiger partial charge < -0.3 is 42.4 Å². The van der Waals surface area contributed by atoms with Crippen LogP contribution in [0.3, 0.4) is 0 Å². The number of aromatic hydroxyl groups is 1. The molecule has 0 radical (unpaired) electrons. The van der Waals surface area contributed by atoms with Gasteiger partial charge in [0.25, 0.3) is 0 Å². The molecule has 85 heavy (non-hydrogen) atoms. The molecular formula is C57H52F3N3O18S4. The van der Waals surface area contributed by atoms with Gasteiger partial charge >= 0.3 is 21.6 Å². The Hall–Kier alpha value is -8.99. The molecule has 0 saturated heterocycles. The monoisotopic (exact) mass is 1250 g/mol. The maximum atomic E-state index is 13.0. The predicted molar refractivity (Wildman–Crippen MR) is 305 cm³/mol. The number of phenols is 1. The van der Waals surface area contributed by atoms with Gasteiger partial charge in [-0.3, -0.25) is 15.0 Å². The van der Waals surface area contributed by atoms with E-state index in [-0.39, 0.29) is 60.1 Å². The van der Waals surface area contributed by atoms with Crippen molar-refractivity contribution in [3.63, 3.8) is 0 Å². The van der Waals surface area contributed by atoms with Gasteiger partial charge in [0.1, 0.15) is 60.7 Å². The number of benzene rings is 6. The molecule has 9 aromatic rings. The van der Waals surface area contributed by atoms with Crippen LogP contribution in [0.15, 0.2) is 161 Å². The van der Waals surface area contributed by atoms with Gasteiger partial charge in [0.15, 0.2) is 29.5 Å². The highest BCUT2D eigenvalue weighted by atomic mass is 32.2. The SMILES string of the molecule is COC(=O)c1ccc2ncc(CS(=O)(=O)c3cc(OC)ccc3OC)cc2c1.COc1ccc(OC)c(S(=O)(=O)Cc2cnc3ccc(O)cc3c2)c1.COc1ccc(OC)c(S(=O)(=O)Cc2cnc3ccc(OS(=O)(=O)C(F)(F)F)cc3c2)c1. The maximum absolute atomic E-state index is 13.0. The van der Waals surface area contributed by atoms with Crippen LogP contribution < -0.4 is 32.6 Å². The first-order valence-corrected chi connectivity index (χ1v) is 30.8. The van der Waals surface area contributed by atoms with Crippen molar-refractivity contribution in [1.82, 2.24) is 15.0 Å². The molecular weight excluding hydrogens is 1200 g/mol. The van der Waals surface area contributed by atoms with Crippen LogP contribution in [0.25, 0.3) is 32.7 Å². The number of sulfone groups is 3. The number of hydrogen-bond acceptors (Lipinski definition) is 21. The molecule has 0 aliphatic heterocycles. The molecule has 0 saturated carbocycles. The molecule has 448 valence electrons. The van der Waals surface area contributed by atoms with Gasteiger partial charge in [-0.25, -0.2) is 30.0 Å². The lowest BCUT2D eigenvalue weighted by atomic mass is 10.1. The van der Waals surface area contributed by atoms with Gasteiger partial charge in [0.05, 0.1) is 89.1 Å². The van der Waals surface area contributed by atoms with Gasteiger partial charge in [-0.15, -0.1) is 0 Å². The molecule has 6 aromatic carbocycles. The smallest absolute Gasteiger partial charge is 0.508 e. The van der Waals surface area contributed by atoms with Crippen LogP contribution in [-0.2, 0) is 61.6 Å². The molecule has 21 nitrogen and oxygen atoms in total. The summed E-state index contributed by atoms with van der Waals surface area (Å²) in [5, 5.41) is 11.1. The molecule has 0 amide bonds. The van der Waals surface area contributed by atoms with E-state index in [9.17, 15) is 56.7 Å². The number of alkyl halides is 3. The fraction of sp³-hybridized carbons (Fsp3) is 0.193. The quantitative estimate of drug-likeness (QED) is 0.0475. The van der Waals surface area contributed by atoms with Gasteiger partial charge in [-0.2, -0.15) is 21.6 Å². The van der Waals surface area contributed by atoms with E-state index in [4.69, 9.17) is 33.2 Å². The van der Waals surface area contributed by atoms with E-state index in [1.54, 1.807) is 66.7 Å². The van der Waals surface area contributed by atoms with Gasteiger partial charge in [-0.05, 0) is 126 Å². The Morgan fingerprint density at radius 1 is 0.435 bits per heavy atom. The minimum Gasteiger partial charge on any atom is -0.508 e. The number of nitrogens with zero attached hydrogens (tertiary/aromatic N) is 3. The molecule has 0 atom stereocenters. The molecule has 0 bridgehead atoms. The number of phenolic OH excluding ortho intramolecular Hbond substituents is 1. The number of ether oxygens (including phenoxy) is 7. The average Bonchev–Trinajstić information content (AvgIpc) is 2.19. The van der Waals surface area contributed by atoms with E-state index in [1.807, 2.05) is 0 Å². The van der Waals surface area contributed by atoms with Crippen LogP contribution in [0.2, 0.25) is 0 Å². The molecule has 0 aliphatic rings. The third-order valence-electron chi connectivity index (χ3n) is 12.3. The van der Waals surface area contributed by atoms with Crippen LogP contribution >= 0.6 is 0 Å². The number of pyridine rings is 3. The second-order valence-corrected chi connectivity index (χ2v) is 25.4. The molecule has 9 rings (SSSR count). The van der Waals surface area contributed by atoms with E-state index in [1.165, 1.54) is 117 Å². The van der Waals surface area contributed by atoms with Crippen LogP contribution in [0.5, 0.6) is 46.0 Å². The van der Waals surface area contributed by atoms with E-state index in [0.29, 0.717) is 61.3 Å². The van der Waals surface area contributed by atoms with Crippen molar-refractivity contribution in [2.24, 2.45) is 0 Å². The number of hydrogen-bond donors (Lipinski definition) is 1. The van der Waals surface area contributed by atoms with Crippen LogP contribution in [0, 0.1) is 0 Å². The number of methoxy groups -OCH3 is 7. The molecule has 3 aromatic heterocycles. The third kappa shape index (κ3) is 15.4. The Morgan fingerprint density at radius 2 is 0.788 bits per heavy atom. The van der Waals surface area contributed by atoms with Crippen molar-refractivity contribution in [3.8, 4) is 46.0 Å². The normalized spacial score (nSPS) is 11.8. The lowest BCUT2D eigenvalue weighted by Gasteiger charge is -2.12. The van der Waals surface area contributed by atoms with E-state index >= 15 is 0 Å². The number of aromatic nitrogens is 3. The number of fused-ring (bicyclic) bond motifs is 3. The highest BCUT2D eigenvalue weighted by molar-refractivity contribution is 7.91. The highest BCUT2D eigenvalue weighted by Gasteiger charge is 2.48. The summed E-state index contributed by atoms with van der Waals surface area (Å²) in [4.78, 5) is 24.3. The van der Waals surface area contributed by atoms with E-state index in [0.717, 1.165) is 12.1 Å². The van der Waals surface area contributed by atoms with Crippen LogP contribution in [0.4, 0.5) is 13.2 Å². The summed E-state index contributed by atoms with van der Waals surface area (Å²) in [5.41, 5.74) is -2.40. The second kappa shape index (κ2) is 26.3. The standard InChI is InChI=1S/C20H19NO6S.C19H16F3NO7S2.C18H17NO5S/c1-25-16-5-7-18(26-2)19(10-16)28(23,24)12-13-8-15-9-14(20(22)27-3)4-6-17(15)21-11-13;1-28-14-4-6-17(29-2)18(9-14)31(24,25)11-12-7-13-8-15(3-5-16(13)23-10-12)30-32(26,27)19(20,21)22;1-23-15-4-6-17(24-2)18(9-15)25(21,22)11-12-7-13-8-14(20)3-5-16(13)19-10-12/h4-11H,12H2,1-3H3;3-10H,11H2,1-2H3;3-10,20H,11H2,1-2H3. The van der Waals surface area contributed by atoms with Crippen molar-refractivity contribution in [2.75, 3.05) is 49.8 Å². The number of esters is 1. The maximum Gasteiger partial charge on any atom is 0.534 e. The van der Waals surface area contributed by atoms with E-state index < -0.39 is 62.6 Å². The third-order valence-corrected chi connectivity index (χ3v) is 18.4. The summed E-state index contributed by atoms with van der Waals surface area (Å²) in [6, 6.07) is 31.2. The van der Waals surface area contributed by atoms with Crippen molar-refractivity contribution < 1.29 is 94.1 Å². The topological polar surface area (TPSA) is 286 Å². The second-order valence-electron chi connectivity index (χ2n) is 18.0. The Kier molecular flexibility index (Phi) is 19.7. The zero-order valence-corrected chi connectivity index (χ0v) is 49.2. The minimum absolute atomic E-state index is 0.0396. The van der Waals surface area contributed by atoms with Gasteiger partial charge in [-0.1, -0.05) is 0 Å². The molecule has 0 unspecified atom stereocenters. The fourth-order valence-electron chi connectivity index (χ4n) is 8.18. The number of carbonyl (C=O) groups is 1. The van der Waals surface area contributed by atoms with Gasteiger partial charge in [0, 0.05) is 52.9 Å². The lowest BCUT2D eigenvalue weighted by Crippen LogP contribution is -2.28. The first kappa shape index (κ1) is 63.6. The molecule has 1 N–H and O–H groups in total. The Morgan fingerprint density at radius 3 is 1.15 bits per heavy atom. The molecule has 0 spiro atoms. The number of carbonyl (C=O) groups excluding carboxylic acids is 1. The summed E-state index contributed by atoms with van der Waals surface area (Å²) >= 11 is 0. The summed E-state index contributed by atoms with van der Waals surface area (Å²) in [6.45, 7) is 0. The Labute approximate surface area is 486 Å². The van der Waals surface area contributed by atoms with Crippen molar-refractivity contribution in [1.29, 1.82) is 0 Å². The average molecular weight is 1250 g/mol. The first-order chi connectivity index (χ1) is 40.2. The Balaban J connectivity index is 0.000000184. The Bertz CT molecular complexity index is 4440. The van der Waals surface area contributed by atoms with Gasteiger partial charge in [0.2, 0.25) is 0 Å². The molecule has 3 heterocycles. The largest absolute Gasteiger partial charge is 0.534 e. The summed E-state index contributed by atoms with van der Waals surface area (Å²) in [5.74, 6) is -0.241. The lowest BCUT2D eigenvalue weighted by molar-refractivity contribution is -0.0500. The number of rotatable bonds is 18. The summed E-state index contributed by atoms with van der Waals surface area (Å²) in [6.07, 6.45) is 4.31. The molecule has 0 fully saturated rings. The zero-order chi connectivity index (χ0) is 62.1. The first-order valence-electron chi connectivity index (χ1n) is 24.5. The predicted octanol–water partition coefficient (Wildman–Crippen LogP) is 9.40. The van der Waals surface area contributed by atoms with Crippen molar-refractivity contribution >= 4 is 78.3 Å². The van der Waals surface area contributed by atoms with Crippen molar-refractivity contribution in [2.45, 2.75) is 37.5 Å². The fourth-order valence-corrected chi connectivity index (χ4v) is 13.1. The zero-order valence-electron chi connectivity index (χ0n) is 46.0. The number of halogens is 3. The summed E-state index contributed by atoms with van der Waals surface area (Å²) < 4.78 is 177. The summed E-state index contributed by atoms with van der Waals surface area (Å²) in [7, 11) is -7.43. The van der Waals surface area contributed by atoms with Crippen LogP contribution in [-0.4, -0.2) is 115 Å². The molecule has 28 heteroatoms. The highest BCUT2D eigenvalue weighted by Crippen LogP contribution is 2.35.